The summed E-state index contributed by atoms with van der Waals surface area (Å²) in [5.41, 5.74) is 2.76. The van der Waals surface area contributed by atoms with Crippen LogP contribution in [0.25, 0.3) is 10.7 Å². The Morgan fingerprint density at radius 3 is 2.82 bits per heavy atom. The van der Waals surface area contributed by atoms with E-state index in [-0.39, 0.29) is 18.7 Å². The molecular formula is C20H21N3O4S. The molecule has 28 heavy (non-hydrogen) atoms. The van der Waals surface area contributed by atoms with E-state index >= 15 is 0 Å². The Hall–Kier alpha value is -3.00. The number of nitrogens with zero attached hydrogens (tertiary/aromatic N) is 2. The molecule has 0 unspecified atom stereocenters. The number of thiophene rings is 1. The number of nitrogens with one attached hydrogen (secondary N) is 1. The summed E-state index contributed by atoms with van der Waals surface area (Å²) >= 11 is 1.51. The third kappa shape index (κ3) is 5.04. The van der Waals surface area contributed by atoms with Gasteiger partial charge in [-0.2, -0.15) is 4.98 Å². The number of benzene rings is 1. The highest BCUT2D eigenvalue weighted by atomic mass is 32.1. The summed E-state index contributed by atoms with van der Waals surface area (Å²) in [6.45, 7) is 5.43. The van der Waals surface area contributed by atoms with Crippen LogP contribution in [0.5, 0.6) is 0 Å². The van der Waals surface area contributed by atoms with Crippen LogP contribution in [0.4, 0.5) is 5.69 Å². The lowest BCUT2D eigenvalue weighted by molar-refractivity contribution is -0.153. The molecule has 2 heterocycles. The summed E-state index contributed by atoms with van der Waals surface area (Å²) in [6, 6.07) is 9.51. The fourth-order valence-electron chi connectivity index (χ4n) is 2.57. The average Bonchev–Trinajstić information content (AvgIpc) is 3.33. The van der Waals surface area contributed by atoms with Crippen LogP contribution < -0.4 is 5.32 Å². The molecule has 1 aromatic carbocycles. The van der Waals surface area contributed by atoms with Crippen LogP contribution >= 0.6 is 11.3 Å². The molecule has 2 aromatic heterocycles. The molecule has 0 radical (unpaired) electrons. The van der Waals surface area contributed by atoms with Gasteiger partial charge in [0.05, 0.1) is 11.3 Å². The van der Waals surface area contributed by atoms with Crippen LogP contribution in [0.1, 0.15) is 30.4 Å². The summed E-state index contributed by atoms with van der Waals surface area (Å²) in [7, 11) is 0. The van der Waals surface area contributed by atoms with E-state index in [1.807, 2.05) is 49.6 Å². The fraction of sp³-hybridized carbons (Fsp3) is 0.300. The highest BCUT2D eigenvalue weighted by Crippen LogP contribution is 2.21. The van der Waals surface area contributed by atoms with E-state index in [1.165, 1.54) is 11.3 Å². The van der Waals surface area contributed by atoms with E-state index in [1.54, 1.807) is 6.92 Å². The Morgan fingerprint density at radius 2 is 2.11 bits per heavy atom. The molecule has 0 bridgehead atoms. The molecule has 8 heteroatoms. The number of carbonyl (C=O) groups is 2. The first-order chi connectivity index (χ1) is 13.4. The highest BCUT2D eigenvalue weighted by molar-refractivity contribution is 7.13. The molecule has 1 N–H and O–H groups in total. The summed E-state index contributed by atoms with van der Waals surface area (Å²) in [5, 5.41) is 8.60. The van der Waals surface area contributed by atoms with E-state index in [9.17, 15) is 9.59 Å². The monoisotopic (exact) mass is 399 g/mol. The lowest BCUT2D eigenvalue weighted by atomic mass is 10.1. The topological polar surface area (TPSA) is 94.3 Å². The molecule has 0 saturated carbocycles. The maximum Gasteiger partial charge on any atom is 0.307 e. The van der Waals surface area contributed by atoms with Gasteiger partial charge in [-0.25, -0.2) is 0 Å². The number of hydrogen-bond donors (Lipinski definition) is 1. The Balaban J connectivity index is 1.48. The largest absolute Gasteiger partial charge is 0.453 e. The van der Waals surface area contributed by atoms with Crippen molar-refractivity contribution in [3.05, 3.63) is 52.7 Å². The van der Waals surface area contributed by atoms with Crippen LogP contribution in [0, 0.1) is 13.8 Å². The van der Waals surface area contributed by atoms with Crippen molar-refractivity contribution < 1.29 is 18.8 Å². The molecular weight excluding hydrogens is 378 g/mol. The standard InChI is InChI=1S/C20H21N3O4S/c1-12-6-7-15(13(2)11-12)21-20(25)14(3)26-18(24)9-8-17-22-19(23-27-17)16-5-4-10-28-16/h4-7,10-11,14H,8-9H2,1-3H3,(H,21,25)/t14-/m0/s1. The van der Waals surface area contributed by atoms with Crippen molar-refractivity contribution in [3.8, 4) is 10.7 Å². The number of esters is 1. The quantitative estimate of drug-likeness (QED) is 0.605. The minimum atomic E-state index is -0.905. The van der Waals surface area contributed by atoms with Gasteiger partial charge in [-0.05, 0) is 43.8 Å². The second kappa shape index (κ2) is 8.79. The second-order valence-electron chi connectivity index (χ2n) is 6.43. The van der Waals surface area contributed by atoms with Gasteiger partial charge in [-0.1, -0.05) is 28.9 Å². The van der Waals surface area contributed by atoms with Gasteiger partial charge in [0.2, 0.25) is 11.7 Å². The van der Waals surface area contributed by atoms with Crippen molar-refractivity contribution in [1.82, 2.24) is 10.1 Å². The fourth-order valence-corrected chi connectivity index (χ4v) is 3.22. The van der Waals surface area contributed by atoms with Gasteiger partial charge in [-0.15, -0.1) is 11.3 Å². The number of hydrogen-bond acceptors (Lipinski definition) is 7. The zero-order valence-corrected chi connectivity index (χ0v) is 16.7. The molecule has 146 valence electrons. The number of ether oxygens (including phenoxy) is 1. The van der Waals surface area contributed by atoms with Crippen molar-refractivity contribution in [2.24, 2.45) is 0 Å². The van der Waals surface area contributed by atoms with Gasteiger partial charge in [0.1, 0.15) is 0 Å². The third-order valence-electron chi connectivity index (χ3n) is 4.07. The summed E-state index contributed by atoms with van der Waals surface area (Å²) in [5.74, 6) is -0.0236. The molecule has 0 aliphatic rings. The van der Waals surface area contributed by atoms with Gasteiger partial charge in [-0.3, -0.25) is 9.59 Å². The Bertz CT molecular complexity index is 966. The Morgan fingerprint density at radius 1 is 1.29 bits per heavy atom. The number of rotatable bonds is 7. The van der Waals surface area contributed by atoms with E-state index in [0.29, 0.717) is 17.4 Å². The second-order valence-corrected chi connectivity index (χ2v) is 7.38. The lowest BCUT2D eigenvalue weighted by Gasteiger charge is -2.14. The summed E-state index contributed by atoms with van der Waals surface area (Å²) in [6.07, 6.45) is -0.604. The molecule has 3 rings (SSSR count). The van der Waals surface area contributed by atoms with Crippen LogP contribution in [0.3, 0.4) is 0 Å². The number of anilines is 1. The van der Waals surface area contributed by atoms with Crippen LogP contribution in [-0.2, 0) is 20.7 Å². The smallest absolute Gasteiger partial charge is 0.307 e. The normalized spacial score (nSPS) is 11.8. The van der Waals surface area contributed by atoms with E-state index < -0.39 is 12.1 Å². The van der Waals surface area contributed by atoms with E-state index in [0.717, 1.165) is 16.0 Å². The Labute approximate surface area is 166 Å². The summed E-state index contributed by atoms with van der Waals surface area (Å²) < 4.78 is 10.4. The first-order valence-electron chi connectivity index (χ1n) is 8.86. The molecule has 1 atom stereocenters. The first kappa shape index (κ1) is 19.8. The molecule has 3 aromatic rings. The molecule has 0 saturated heterocycles. The zero-order chi connectivity index (χ0) is 20.1. The van der Waals surface area contributed by atoms with Gasteiger partial charge >= 0.3 is 5.97 Å². The molecule has 0 aliphatic heterocycles. The first-order valence-corrected chi connectivity index (χ1v) is 9.74. The number of aromatic nitrogens is 2. The predicted octanol–water partition coefficient (Wildman–Crippen LogP) is 3.92. The minimum absolute atomic E-state index is 0.0489. The minimum Gasteiger partial charge on any atom is -0.453 e. The Kier molecular flexibility index (Phi) is 6.20. The lowest BCUT2D eigenvalue weighted by Crippen LogP contribution is -2.30. The number of carbonyl (C=O) groups excluding carboxylic acids is 2. The van der Waals surface area contributed by atoms with E-state index in [4.69, 9.17) is 9.26 Å². The predicted molar refractivity (Wildman–Crippen MR) is 106 cm³/mol. The van der Waals surface area contributed by atoms with Gasteiger partial charge in [0.25, 0.3) is 5.91 Å². The molecule has 7 nitrogen and oxygen atoms in total. The third-order valence-corrected chi connectivity index (χ3v) is 4.94. The summed E-state index contributed by atoms with van der Waals surface area (Å²) in [4.78, 5) is 29.5. The molecule has 0 spiro atoms. The maximum atomic E-state index is 12.3. The average molecular weight is 399 g/mol. The number of amides is 1. The maximum absolute atomic E-state index is 12.3. The van der Waals surface area contributed by atoms with Crippen molar-refractivity contribution >= 4 is 28.9 Å². The van der Waals surface area contributed by atoms with Crippen molar-refractivity contribution in [3.63, 3.8) is 0 Å². The van der Waals surface area contributed by atoms with Crippen molar-refractivity contribution in [1.29, 1.82) is 0 Å². The van der Waals surface area contributed by atoms with Gasteiger partial charge < -0.3 is 14.6 Å². The van der Waals surface area contributed by atoms with Gasteiger partial charge in [0, 0.05) is 12.1 Å². The van der Waals surface area contributed by atoms with Crippen LogP contribution in [0.2, 0.25) is 0 Å². The van der Waals surface area contributed by atoms with Crippen molar-refractivity contribution in [2.45, 2.75) is 39.7 Å². The number of aryl methyl sites for hydroxylation is 3. The van der Waals surface area contributed by atoms with Gasteiger partial charge in [0.15, 0.2) is 6.10 Å². The molecule has 0 aliphatic carbocycles. The van der Waals surface area contributed by atoms with E-state index in [2.05, 4.69) is 15.5 Å². The van der Waals surface area contributed by atoms with Crippen LogP contribution in [-0.4, -0.2) is 28.1 Å². The van der Waals surface area contributed by atoms with Crippen molar-refractivity contribution in [2.75, 3.05) is 5.32 Å². The SMILES string of the molecule is Cc1ccc(NC(=O)[C@H](C)OC(=O)CCc2nc(-c3cccs3)no2)c(C)c1. The molecule has 0 fully saturated rings. The van der Waals surface area contributed by atoms with Crippen LogP contribution in [0.15, 0.2) is 40.2 Å². The molecule has 1 amide bonds. The zero-order valence-electron chi connectivity index (χ0n) is 15.9. The highest BCUT2D eigenvalue weighted by Gasteiger charge is 2.19.